The average Bonchev–Trinajstić information content (AvgIpc) is 2.14. The number of hydrogen-bond donors (Lipinski definition) is 1. The molecule has 0 aliphatic heterocycles. The molecule has 0 bridgehead atoms. The molecule has 1 aromatic carbocycles. The summed E-state index contributed by atoms with van der Waals surface area (Å²) >= 11 is 0. The zero-order chi connectivity index (χ0) is 11.5. The van der Waals surface area contributed by atoms with Crippen molar-refractivity contribution in [1.82, 2.24) is 0 Å². The number of phenolic OH excluding ortho intramolecular Hbond substituents is 1. The third kappa shape index (κ3) is 3.12. The minimum absolute atomic E-state index is 0.198. The van der Waals surface area contributed by atoms with E-state index >= 15 is 0 Å². The monoisotopic (exact) mass is 204 g/mol. The van der Waals surface area contributed by atoms with Crippen LogP contribution in [0.15, 0.2) is 36.4 Å². The van der Waals surface area contributed by atoms with Crippen LogP contribution in [0.1, 0.15) is 39.2 Å². The van der Waals surface area contributed by atoms with Gasteiger partial charge in [0.25, 0.3) is 0 Å². The lowest BCUT2D eigenvalue weighted by Gasteiger charge is -2.28. The summed E-state index contributed by atoms with van der Waals surface area (Å²) in [6.07, 6.45) is 4.30. The topological polar surface area (TPSA) is 20.2 Å². The van der Waals surface area contributed by atoms with Gasteiger partial charge in [-0.3, -0.25) is 0 Å². The van der Waals surface area contributed by atoms with Crippen LogP contribution in [0.5, 0.6) is 5.75 Å². The van der Waals surface area contributed by atoms with E-state index in [1.54, 1.807) is 12.1 Å². The summed E-state index contributed by atoms with van der Waals surface area (Å²) in [7, 11) is 0. The lowest BCUT2D eigenvalue weighted by atomic mass is 9.76. The number of phenols is 1. The largest absolute Gasteiger partial charge is 0.508 e. The fraction of sp³-hybridized carbons (Fsp3) is 0.429. The Hall–Kier alpha value is -1.24. The van der Waals surface area contributed by atoms with Crippen LogP contribution in [-0.4, -0.2) is 5.11 Å². The van der Waals surface area contributed by atoms with Crippen LogP contribution in [0, 0.1) is 5.41 Å². The summed E-state index contributed by atoms with van der Waals surface area (Å²) in [5, 5.41) is 9.25. The summed E-state index contributed by atoms with van der Waals surface area (Å²) in [6.45, 7) is 8.72. The lowest BCUT2D eigenvalue weighted by Crippen LogP contribution is -2.16. The quantitative estimate of drug-likeness (QED) is 0.719. The highest BCUT2D eigenvalue weighted by Crippen LogP contribution is 2.36. The molecule has 1 heteroatoms. The van der Waals surface area contributed by atoms with Gasteiger partial charge in [0, 0.05) is 5.92 Å². The van der Waals surface area contributed by atoms with E-state index in [0.29, 0.717) is 11.7 Å². The van der Waals surface area contributed by atoms with Crippen LogP contribution in [-0.2, 0) is 0 Å². The first-order chi connectivity index (χ1) is 6.95. The van der Waals surface area contributed by atoms with Gasteiger partial charge in [0.1, 0.15) is 5.75 Å². The zero-order valence-corrected chi connectivity index (χ0v) is 9.99. The van der Waals surface area contributed by atoms with Gasteiger partial charge in [-0.05, 0) is 30.0 Å². The SMILES string of the molecule is C/C=C\C(c1ccc(O)cc1)C(C)(C)C. The molecule has 0 heterocycles. The number of aromatic hydroxyl groups is 1. The van der Waals surface area contributed by atoms with E-state index in [1.807, 2.05) is 19.1 Å². The molecule has 0 aliphatic rings. The van der Waals surface area contributed by atoms with Crippen molar-refractivity contribution in [2.24, 2.45) is 5.41 Å². The Morgan fingerprint density at radius 2 is 1.67 bits per heavy atom. The number of benzene rings is 1. The minimum Gasteiger partial charge on any atom is -0.508 e. The van der Waals surface area contributed by atoms with E-state index < -0.39 is 0 Å². The average molecular weight is 204 g/mol. The van der Waals surface area contributed by atoms with Crippen molar-refractivity contribution in [2.75, 3.05) is 0 Å². The molecule has 1 aromatic rings. The first kappa shape index (κ1) is 11.8. The zero-order valence-electron chi connectivity index (χ0n) is 9.99. The predicted octanol–water partition coefficient (Wildman–Crippen LogP) is 4.10. The second-order valence-corrected chi connectivity index (χ2v) is 4.96. The van der Waals surface area contributed by atoms with Crippen molar-refractivity contribution < 1.29 is 5.11 Å². The molecule has 1 rings (SSSR count). The number of hydrogen-bond acceptors (Lipinski definition) is 1. The molecule has 15 heavy (non-hydrogen) atoms. The van der Waals surface area contributed by atoms with Gasteiger partial charge < -0.3 is 5.11 Å². The standard InChI is InChI=1S/C14H20O/c1-5-6-13(14(2,3)4)11-7-9-12(15)10-8-11/h5-10,13,15H,1-4H3/b6-5-. The number of allylic oxidation sites excluding steroid dienone is 2. The Kier molecular flexibility index (Phi) is 3.57. The maximum absolute atomic E-state index is 9.25. The van der Waals surface area contributed by atoms with Gasteiger partial charge in [-0.2, -0.15) is 0 Å². The van der Waals surface area contributed by atoms with Crippen LogP contribution in [0.2, 0.25) is 0 Å². The van der Waals surface area contributed by atoms with Gasteiger partial charge in [-0.25, -0.2) is 0 Å². The fourth-order valence-corrected chi connectivity index (χ4v) is 1.77. The van der Waals surface area contributed by atoms with Crippen molar-refractivity contribution in [1.29, 1.82) is 0 Å². The van der Waals surface area contributed by atoms with Crippen LogP contribution in [0.25, 0.3) is 0 Å². The van der Waals surface area contributed by atoms with E-state index in [-0.39, 0.29) is 5.41 Å². The fourth-order valence-electron chi connectivity index (χ4n) is 1.77. The van der Waals surface area contributed by atoms with E-state index in [2.05, 4.69) is 32.9 Å². The smallest absolute Gasteiger partial charge is 0.115 e. The van der Waals surface area contributed by atoms with Crippen molar-refractivity contribution in [3.05, 3.63) is 42.0 Å². The van der Waals surface area contributed by atoms with Crippen LogP contribution in [0.3, 0.4) is 0 Å². The van der Waals surface area contributed by atoms with Gasteiger partial charge in [0.15, 0.2) is 0 Å². The third-order valence-electron chi connectivity index (χ3n) is 2.57. The van der Waals surface area contributed by atoms with Gasteiger partial charge >= 0.3 is 0 Å². The van der Waals surface area contributed by atoms with Crippen LogP contribution in [0.4, 0.5) is 0 Å². The summed E-state index contributed by atoms with van der Waals surface area (Å²) < 4.78 is 0. The first-order valence-electron chi connectivity index (χ1n) is 5.37. The second-order valence-electron chi connectivity index (χ2n) is 4.96. The third-order valence-corrected chi connectivity index (χ3v) is 2.57. The highest BCUT2D eigenvalue weighted by molar-refractivity contribution is 5.31. The molecule has 1 atom stereocenters. The Morgan fingerprint density at radius 3 is 2.07 bits per heavy atom. The molecule has 1 nitrogen and oxygen atoms in total. The van der Waals surface area contributed by atoms with Crippen LogP contribution >= 0.6 is 0 Å². The van der Waals surface area contributed by atoms with E-state index in [1.165, 1.54) is 5.56 Å². The number of rotatable bonds is 2. The van der Waals surface area contributed by atoms with Gasteiger partial charge in [-0.1, -0.05) is 45.1 Å². The molecular formula is C14H20O. The van der Waals surface area contributed by atoms with E-state index in [9.17, 15) is 5.11 Å². The van der Waals surface area contributed by atoms with E-state index in [4.69, 9.17) is 0 Å². The summed E-state index contributed by atoms with van der Waals surface area (Å²) in [5.41, 5.74) is 1.45. The minimum atomic E-state index is 0.198. The molecule has 1 N–H and O–H groups in total. The van der Waals surface area contributed by atoms with Gasteiger partial charge in [0.05, 0.1) is 0 Å². The summed E-state index contributed by atoms with van der Waals surface area (Å²) in [5.74, 6) is 0.718. The molecule has 0 saturated heterocycles. The Bertz CT molecular complexity index is 327. The Balaban J connectivity index is 3.05. The molecule has 0 amide bonds. The van der Waals surface area contributed by atoms with Crippen molar-refractivity contribution in [3.8, 4) is 5.75 Å². The molecule has 0 saturated carbocycles. The lowest BCUT2D eigenvalue weighted by molar-refractivity contribution is 0.366. The normalized spacial score (nSPS) is 14.4. The van der Waals surface area contributed by atoms with Gasteiger partial charge in [-0.15, -0.1) is 0 Å². The molecule has 82 valence electrons. The second kappa shape index (κ2) is 4.52. The highest BCUT2D eigenvalue weighted by atomic mass is 16.3. The molecule has 0 radical (unpaired) electrons. The van der Waals surface area contributed by atoms with Crippen LogP contribution < -0.4 is 0 Å². The Labute approximate surface area is 92.5 Å². The van der Waals surface area contributed by atoms with Crippen molar-refractivity contribution >= 4 is 0 Å². The maximum atomic E-state index is 9.25. The first-order valence-corrected chi connectivity index (χ1v) is 5.37. The van der Waals surface area contributed by atoms with Crippen molar-refractivity contribution in [3.63, 3.8) is 0 Å². The maximum Gasteiger partial charge on any atom is 0.115 e. The van der Waals surface area contributed by atoms with Crippen molar-refractivity contribution in [2.45, 2.75) is 33.6 Å². The molecule has 0 aliphatic carbocycles. The molecular weight excluding hydrogens is 184 g/mol. The highest BCUT2D eigenvalue weighted by Gasteiger charge is 2.23. The van der Waals surface area contributed by atoms with Gasteiger partial charge in [0.2, 0.25) is 0 Å². The molecule has 1 unspecified atom stereocenters. The molecule has 0 aromatic heterocycles. The summed E-state index contributed by atoms with van der Waals surface area (Å²) in [4.78, 5) is 0. The predicted molar refractivity (Wildman–Crippen MR) is 65.1 cm³/mol. The van der Waals surface area contributed by atoms with E-state index in [0.717, 1.165) is 0 Å². The summed E-state index contributed by atoms with van der Waals surface area (Å²) in [6, 6.07) is 7.48. The molecule has 0 fully saturated rings. The Morgan fingerprint density at radius 1 is 1.13 bits per heavy atom. The molecule has 0 spiro atoms.